The number of hydrogen-bond donors (Lipinski definition) is 2. The largest absolute Gasteiger partial charge is 0.383 e. The van der Waals surface area contributed by atoms with Crippen LogP contribution in [0.5, 0.6) is 0 Å². The molecule has 104 valence electrons. The topological polar surface area (TPSA) is 54.0 Å². The summed E-state index contributed by atoms with van der Waals surface area (Å²) in [6.07, 6.45) is 4.14. The zero-order valence-corrected chi connectivity index (χ0v) is 11.2. The van der Waals surface area contributed by atoms with E-state index in [2.05, 4.69) is 15.6 Å². The number of halogens is 1. The molecule has 0 saturated heterocycles. The minimum absolute atomic E-state index is 0.252. The minimum Gasteiger partial charge on any atom is -0.383 e. The smallest absolute Gasteiger partial charge is 0.257 e. The first-order valence-corrected chi connectivity index (χ1v) is 6.45. The van der Waals surface area contributed by atoms with Crippen molar-refractivity contribution in [2.75, 3.05) is 17.2 Å². The van der Waals surface area contributed by atoms with Gasteiger partial charge in [0.1, 0.15) is 5.82 Å². The van der Waals surface area contributed by atoms with Gasteiger partial charge in [0, 0.05) is 18.4 Å². The molecule has 0 atom stereocenters. The maximum Gasteiger partial charge on any atom is 0.257 e. The summed E-state index contributed by atoms with van der Waals surface area (Å²) < 4.78 is 12.8. The van der Waals surface area contributed by atoms with Crippen LogP contribution in [-0.2, 0) is 0 Å². The molecule has 0 aliphatic heterocycles. The molecular weight excluding hydrogens is 257 g/mol. The maximum atomic E-state index is 12.8. The summed E-state index contributed by atoms with van der Waals surface area (Å²) in [4.78, 5) is 16.2. The third-order valence-corrected chi connectivity index (χ3v) is 2.73. The van der Waals surface area contributed by atoms with Crippen molar-refractivity contribution in [3.05, 3.63) is 54.1 Å². The molecule has 1 aromatic carbocycles. The Labute approximate surface area is 117 Å². The van der Waals surface area contributed by atoms with E-state index >= 15 is 0 Å². The van der Waals surface area contributed by atoms with Crippen LogP contribution in [-0.4, -0.2) is 17.4 Å². The summed E-state index contributed by atoms with van der Waals surface area (Å²) in [6, 6.07) is 7.30. The van der Waals surface area contributed by atoms with E-state index < -0.39 is 0 Å². The van der Waals surface area contributed by atoms with Crippen LogP contribution in [0.15, 0.2) is 42.7 Å². The van der Waals surface area contributed by atoms with Gasteiger partial charge in [-0.05, 0) is 36.8 Å². The van der Waals surface area contributed by atoms with E-state index in [1.54, 1.807) is 18.5 Å². The Morgan fingerprint density at radius 3 is 2.70 bits per heavy atom. The van der Waals surface area contributed by atoms with Gasteiger partial charge in [-0.15, -0.1) is 0 Å². The van der Waals surface area contributed by atoms with Crippen LogP contribution in [0.3, 0.4) is 0 Å². The first kappa shape index (κ1) is 14.0. The Bertz CT molecular complexity index is 584. The summed E-state index contributed by atoms with van der Waals surface area (Å²) in [5.41, 5.74) is 1.75. The van der Waals surface area contributed by atoms with Gasteiger partial charge in [0.25, 0.3) is 5.91 Å². The number of benzene rings is 1. The van der Waals surface area contributed by atoms with Crippen LogP contribution < -0.4 is 10.6 Å². The van der Waals surface area contributed by atoms with Crippen molar-refractivity contribution in [2.45, 2.75) is 13.3 Å². The summed E-state index contributed by atoms with van der Waals surface area (Å²) in [6.45, 7) is 2.81. The van der Waals surface area contributed by atoms with Crippen molar-refractivity contribution in [1.82, 2.24) is 4.98 Å². The van der Waals surface area contributed by atoms with E-state index in [0.717, 1.165) is 13.0 Å². The van der Waals surface area contributed by atoms with E-state index in [4.69, 9.17) is 0 Å². The Kier molecular flexibility index (Phi) is 4.65. The highest BCUT2D eigenvalue weighted by atomic mass is 19.1. The van der Waals surface area contributed by atoms with E-state index in [0.29, 0.717) is 16.9 Å². The number of aromatic nitrogens is 1. The second-order valence-electron chi connectivity index (χ2n) is 4.31. The van der Waals surface area contributed by atoms with Gasteiger partial charge in [-0.25, -0.2) is 4.39 Å². The van der Waals surface area contributed by atoms with Gasteiger partial charge in [0.2, 0.25) is 0 Å². The fourth-order valence-corrected chi connectivity index (χ4v) is 1.72. The van der Waals surface area contributed by atoms with Gasteiger partial charge in [0.05, 0.1) is 17.4 Å². The molecule has 2 rings (SSSR count). The number of pyridine rings is 1. The molecule has 4 nitrogen and oxygen atoms in total. The maximum absolute atomic E-state index is 12.8. The molecule has 0 unspecified atom stereocenters. The molecule has 0 bridgehead atoms. The molecule has 0 spiro atoms. The molecule has 1 aromatic heterocycles. The molecule has 1 amide bonds. The fraction of sp³-hybridized carbons (Fsp3) is 0.200. The molecule has 1 heterocycles. The van der Waals surface area contributed by atoms with Crippen LogP contribution in [0.25, 0.3) is 0 Å². The molecule has 0 aliphatic rings. The first-order chi connectivity index (χ1) is 9.70. The summed E-state index contributed by atoms with van der Waals surface area (Å²) >= 11 is 0. The highest BCUT2D eigenvalue weighted by Gasteiger charge is 2.11. The molecule has 0 aliphatic carbocycles. The van der Waals surface area contributed by atoms with Crippen LogP contribution in [0, 0.1) is 5.82 Å². The summed E-state index contributed by atoms with van der Waals surface area (Å²) in [5, 5.41) is 5.88. The third kappa shape index (κ3) is 3.54. The average molecular weight is 273 g/mol. The molecule has 2 N–H and O–H groups in total. The van der Waals surface area contributed by atoms with Gasteiger partial charge in [-0.1, -0.05) is 6.92 Å². The van der Waals surface area contributed by atoms with E-state index in [1.165, 1.54) is 24.3 Å². The van der Waals surface area contributed by atoms with Crippen molar-refractivity contribution >= 4 is 17.3 Å². The second kappa shape index (κ2) is 6.65. The molecule has 0 saturated carbocycles. The fourth-order valence-electron chi connectivity index (χ4n) is 1.72. The number of nitrogens with one attached hydrogen (secondary N) is 2. The van der Waals surface area contributed by atoms with Crippen molar-refractivity contribution in [3.8, 4) is 0 Å². The van der Waals surface area contributed by atoms with Crippen LogP contribution in [0.4, 0.5) is 15.8 Å². The number of nitrogens with zero attached hydrogens (tertiary/aromatic N) is 1. The highest BCUT2D eigenvalue weighted by molar-refractivity contribution is 6.07. The van der Waals surface area contributed by atoms with Gasteiger partial charge >= 0.3 is 0 Å². The SMILES string of the molecule is CCCNc1cnccc1C(=O)Nc1ccc(F)cc1. The van der Waals surface area contributed by atoms with Crippen molar-refractivity contribution in [1.29, 1.82) is 0 Å². The predicted molar refractivity (Wildman–Crippen MR) is 77.4 cm³/mol. The number of amides is 1. The standard InChI is InChI=1S/C15H16FN3O/c1-2-8-18-14-10-17-9-7-13(14)15(20)19-12-5-3-11(16)4-6-12/h3-7,9-10,18H,2,8H2,1H3,(H,19,20). The molecule has 0 fully saturated rings. The van der Waals surface area contributed by atoms with Gasteiger partial charge in [-0.3, -0.25) is 9.78 Å². The summed E-state index contributed by atoms with van der Waals surface area (Å²) in [7, 11) is 0. The zero-order valence-electron chi connectivity index (χ0n) is 11.2. The highest BCUT2D eigenvalue weighted by Crippen LogP contribution is 2.16. The van der Waals surface area contributed by atoms with E-state index in [9.17, 15) is 9.18 Å². The number of carbonyl (C=O) groups is 1. The van der Waals surface area contributed by atoms with E-state index in [-0.39, 0.29) is 11.7 Å². The number of hydrogen-bond acceptors (Lipinski definition) is 3. The second-order valence-corrected chi connectivity index (χ2v) is 4.31. The molecule has 5 heteroatoms. The Hall–Kier alpha value is -2.43. The molecular formula is C15H16FN3O. The molecule has 20 heavy (non-hydrogen) atoms. The van der Waals surface area contributed by atoms with Gasteiger partial charge in [-0.2, -0.15) is 0 Å². The zero-order chi connectivity index (χ0) is 14.4. The average Bonchev–Trinajstić information content (AvgIpc) is 2.47. The lowest BCUT2D eigenvalue weighted by molar-refractivity contribution is 0.102. The lowest BCUT2D eigenvalue weighted by atomic mass is 10.2. The Balaban J connectivity index is 2.14. The van der Waals surface area contributed by atoms with Crippen molar-refractivity contribution < 1.29 is 9.18 Å². The van der Waals surface area contributed by atoms with Crippen molar-refractivity contribution in [2.24, 2.45) is 0 Å². The van der Waals surface area contributed by atoms with Crippen molar-refractivity contribution in [3.63, 3.8) is 0 Å². The number of carbonyl (C=O) groups excluding carboxylic acids is 1. The monoisotopic (exact) mass is 273 g/mol. The third-order valence-electron chi connectivity index (χ3n) is 2.73. The van der Waals surface area contributed by atoms with Crippen LogP contribution in [0.1, 0.15) is 23.7 Å². The lowest BCUT2D eigenvalue weighted by Crippen LogP contribution is -2.15. The quantitative estimate of drug-likeness (QED) is 0.879. The lowest BCUT2D eigenvalue weighted by Gasteiger charge is -2.11. The predicted octanol–water partition coefficient (Wildman–Crippen LogP) is 3.29. The molecule has 2 aromatic rings. The van der Waals surface area contributed by atoms with E-state index in [1.807, 2.05) is 6.92 Å². The minimum atomic E-state index is -0.336. The van der Waals surface area contributed by atoms with Crippen LogP contribution >= 0.6 is 0 Å². The number of rotatable bonds is 5. The van der Waals surface area contributed by atoms with Gasteiger partial charge < -0.3 is 10.6 Å². The van der Waals surface area contributed by atoms with Crippen LogP contribution in [0.2, 0.25) is 0 Å². The Morgan fingerprint density at radius 2 is 2.00 bits per heavy atom. The molecule has 0 radical (unpaired) electrons. The summed E-state index contributed by atoms with van der Waals surface area (Å²) in [5.74, 6) is -0.588. The Morgan fingerprint density at radius 1 is 1.25 bits per heavy atom. The normalized spacial score (nSPS) is 10.1. The van der Waals surface area contributed by atoms with Gasteiger partial charge in [0.15, 0.2) is 0 Å². The first-order valence-electron chi connectivity index (χ1n) is 6.45. The number of anilines is 2.